The third-order valence-electron chi connectivity index (χ3n) is 7.78. The van der Waals surface area contributed by atoms with Gasteiger partial charge in [0.25, 0.3) is 5.56 Å². The Hall–Kier alpha value is -4.75. The quantitative estimate of drug-likeness (QED) is 0.248. The molecule has 7 rings (SSSR count). The van der Waals surface area contributed by atoms with Gasteiger partial charge in [0.05, 0.1) is 23.4 Å². The summed E-state index contributed by atoms with van der Waals surface area (Å²) < 4.78 is 27.9. The molecular weight excluding hydrogens is 547 g/mol. The van der Waals surface area contributed by atoms with Gasteiger partial charge in [0.15, 0.2) is 16.3 Å². The number of nitrogens with zero attached hydrogens (tertiary/aromatic N) is 2. The normalized spacial score (nSPS) is 15.9. The van der Waals surface area contributed by atoms with E-state index >= 15 is 0 Å². The monoisotopic (exact) mass is 574 g/mol. The predicted octanol–water partition coefficient (Wildman–Crippen LogP) is 6.05. The second-order valence-corrected chi connectivity index (χ2v) is 11.4. The number of thiazole rings is 1. The zero-order chi connectivity index (χ0) is 28.6. The van der Waals surface area contributed by atoms with Crippen molar-refractivity contribution in [2.45, 2.75) is 25.5 Å². The third-order valence-corrected chi connectivity index (χ3v) is 8.76. The highest BCUT2D eigenvalue weighted by atomic mass is 32.1. The van der Waals surface area contributed by atoms with Gasteiger partial charge in [-0.05, 0) is 71.0 Å². The van der Waals surface area contributed by atoms with Crippen molar-refractivity contribution in [1.29, 1.82) is 0 Å². The summed E-state index contributed by atoms with van der Waals surface area (Å²) in [5.74, 6) is 0.908. The van der Waals surface area contributed by atoms with Crippen molar-refractivity contribution in [1.82, 2.24) is 4.57 Å². The molecule has 7 heteroatoms. The van der Waals surface area contributed by atoms with Crippen LogP contribution in [0.5, 0.6) is 11.5 Å². The van der Waals surface area contributed by atoms with Crippen LogP contribution in [0.2, 0.25) is 0 Å². The lowest BCUT2D eigenvalue weighted by Gasteiger charge is -2.30. The lowest BCUT2D eigenvalue weighted by Crippen LogP contribution is -2.38. The molecule has 2 aliphatic rings. The Labute approximate surface area is 246 Å². The fourth-order valence-electron chi connectivity index (χ4n) is 5.75. The first kappa shape index (κ1) is 26.2. The van der Waals surface area contributed by atoms with Gasteiger partial charge in [-0.25, -0.2) is 9.38 Å². The molecule has 2 heterocycles. The standard InChI is InChI=1S/C35H27FN2O3S/c1-40-30-19-23(11-18-29(30)41-21-22-7-3-2-4-8-22)20-31-34(39)38-33(25-12-15-26(36)16-13-25)28-17-14-24-9-5-6-10-27(24)32(28)37-35(38)42-31/h2-13,15-16,18-20,33H,14,17,21H2,1H3/b31-20+/t33-/m0/s1. The molecule has 5 aromatic rings. The summed E-state index contributed by atoms with van der Waals surface area (Å²) in [6.45, 7) is 0.423. The largest absolute Gasteiger partial charge is 0.493 e. The number of rotatable bonds is 6. The summed E-state index contributed by atoms with van der Waals surface area (Å²) in [4.78, 5) is 19.7. The minimum Gasteiger partial charge on any atom is -0.493 e. The van der Waals surface area contributed by atoms with Crippen molar-refractivity contribution in [3.63, 3.8) is 0 Å². The van der Waals surface area contributed by atoms with Gasteiger partial charge in [-0.3, -0.25) is 9.36 Å². The van der Waals surface area contributed by atoms with Crippen molar-refractivity contribution in [3.05, 3.63) is 156 Å². The first-order valence-corrected chi connectivity index (χ1v) is 14.6. The highest BCUT2D eigenvalue weighted by Gasteiger charge is 2.32. The van der Waals surface area contributed by atoms with Crippen LogP contribution in [0.3, 0.4) is 0 Å². The summed E-state index contributed by atoms with van der Waals surface area (Å²) in [5.41, 5.74) is 6.97. The summed E-state index contributed by atoms with van der Waals surface area (Å²) in [6.07, 6.45) is 3.51. The van der Waals surface area contributed by atoms with E-state index in [0.717, 1.165) is 46.4 Å². The maximum Gasteiger partial charge on any atom is 0.271 e. The number of ether oxygens (including phenoxy) is 2. The van der Waals surface area contributed by atoms with Crippen molar-refractivity contribution < 1.29 is 13.9 Å². The Balaban J connectivity index is 1.32. The maximum atomic E-state index is 14.0. The lowest BCUT2D eigenvalue weighted by atomic mass is 9.83. The molecule has 0 bridgehead atoms. The molecule has 4 aromatic carbocycles. The van der Waals surface area contributed by atoms with Crippen LogP contribution in [0.15, 0.2) is 112 Å². The fourth-order valence-corrected chi connectivity index (χ4v) is 6.75. The molecule has 0 radical (unpaired) electrons. The summed E-state index contributed by atoms with van der Waals surface area (Å²) in [7, 11) is 1.60. The van der Waals surface area contributed by atoms with E-state index in [2.05, 4.69) is 12.1 Å². The lowest BCUT2D eigenvalue weighted by molar-refractivity contribution is 0.284. The Kier molecular flexibility index (Phi) is 6.80. The molecule has 0 spiro atoms. The number of allylic oxidation sites excluding steroid dienone is 1. The molecule has 5 nitrogen and oxygen atoms in total. The molecule has 1 aliphatic carbocycles. The number of fused-ring (bicyclic) bond motifs is 3. The van der Waals surface area contributed by atoms with E-state index in [9.17, 15) is 9.18 Å². The Morgan fingerprint density at radius 2 is 1.74 bits per heavy atom. The van der Waals surface area contributed by atoms with Crippen molar-refractivity contribution in [3.8, 4) is 11.5 Å². The smallest absolute Gasteiger partial charge is 0.271 e. The molecule has 42 heavy (non-hydrogen) atoms. The first-order chi connectivity index (χ1) is 20.6. The third kappa shape index (κ3) is 4.76. The van der Waals surface area contributed by atoms with Gasteiger partial charge in [0, 0.05) is 5.56 Å². The highest BCUT2D eigenvalue weighted by Crippen LogP contribution is 2.41. The molecule has 0 fully saturated rings. The molecular formula is C35H27FN2O3S. The van der Waals surface area contributed by atoms with Crippen LogP contribution in [0, 0.1) is 5.82 Å². The van der Waals surface area contributed by atoms with E-state index < -0.39 is 0 Å². The van der Waals surface area contributed by atoms with E-state index in [-0.39, 0.29) is 17.4 Å². The zero-order valence-electron chi connectivity index (χ0n) is 22.9. The summed E-state index contributed by atoms with van der Waals surface area (Å²) >= 11 is 1.36. The zero-order valence-corrected chi connectivity index (χ0v) is 23.7. The topological polar surface area (TPSA) is 52.8 Å². The van der Waals surface area contributed by atoms with Crippen molar-refractivity contribution >= 4 is 23.1 Å². The Morgan fingerprint density at radius 1 is 0.952 bits per heavy atom. The van der Waals surface area contributed by atoms with Crippen LogP contribution in [-0.4, -0.2) is 11.7 Å². The SMILES string of the molecule is COc1cc(/C=c2/sc3n(c2=O)[C@@H](c2ccc(F)cc2)C2=C(N=3)c3ccccc3CC2)ccc1OCc1ccccc1. The second kappa shape index (κ2) is 10.9. The van der Waals surface area contributed by atoms with Gasteiger partial charge in [-0.15, -0.1) is 0 Å². The molecule has 0 N–H and O–H groups in total. The molecule has 1 atom stereocenters. The number of hydrogen-bond acceptors (Lipinski definition) is 5. The average molecular weight is 575 g/mol. The number of benzene rings is 4. The fraction of sp³-hybridized carbons (Fsp3) is 0.143. The van der Waals surface area contributed by atoms with Crippen LogP contribution in [0.4, 0.5) is 4.39 Å². The van der Waals surface area contributed by atoms with Gasteiger partial charge in [0.1, 0.15) is 12.4 Å². The second-order valence-electron chi connectivity index (χ2n) is 10.3. The molecule has 208 valence electrons. The van der Waals surface area contributed by atoms with Crippen molar-refractivity contribution in [2.75, 3.05) is 7.11 Å². The summed E-state index contributed by atoms with van der Waals surface area (Å²) in [6, 6.07) is 30.0. The Bertz CT molecular complexity index is 2010. The molecule has 0 saturated heterocycles. The molecule has 1 aromatic heterocycles. The highest BCUT2D eigenvalue weighted by molar-refractivity contribution is 7.07. The van der Waals surface area contributed by atoms with E-state index in [4.69, 9.17) is 14.5 Å². The minimum atomic E-state index is -0.351. The van der Waals surface area contributed by atoms with Crippen LogP contribution in [0.25, 0.3) is 11.8 Å². The van der Waals surface area contributed by atoms with E-state index in [1.54, 1.807) is 23.8 Å². The predicted molar refractivity (Wildman–Crippen MR) is 163 cm³/mol. The summed E-state index contributed by atoms with van der Waals surface area (Å²) in [5, 5.41) is 0. The van der Waals surface area contributed by atoms with Crippen LogP contribution >= 0.6 is 11.3 Å². The number of hydrogen-bond donors (Lipinski definition) is 0. The van der Waals surface area contributed by atoms with E-state index in [0.29, 0.717) is 27.4 Å². The Morgan fingerprint density at radius 3 is 2.55 bits per heavy atom. The first-order valence-electron chi connectivity index (χ1n) is 13.8. The molecule has 0 amide bonds. The molecule has 0 saturated carbocycles. The average Bonchev–Trinajstić information content (AvgIpc) is 3.34. The van der Waals surface area contributed by atoms with E-state index in [1.165, 1.54) is 29.0 Å². The van der Waals surface area contributed by atoms with Crippen LogP contribution < -0.4 is 24.4 Å². The van der Waals surface area contributed by atoms with Gasteiger partial charge in [0.2, 0.25) is 0 Å². The minimum absolute atomic E-state index is 0.123. The van der Waals surface area contributed by atoms with Crippen molar-refractivity contribution in [2.24, 2.45) is 4.99 Å². The number of aromatic nitrogens is 1. The van der Waals surface area contributed by atoms with Crippen LogP contribution in [-0.2, 0) is 13.0 Å². The number of halogens is 1. The number of methoxy groups -OCH3 is 1. The number of aryl methyl sites for hydroxylation is 1. The van der Waals surface area contributed by atoms with E-state index in [1.807, 2.05) is 66.7 Å². The van der Waals surface area contributed by atoms with Gasteiger partial charge < -0.3 is 9.47 Å². The van der Waals surface area contributed by atoms with Gasteiger partial charge >= 0.3 is 0 Å². The molecule has 1 aliphatic heterocycles. The van der Waals surface area contributed by atoms with Crippen LogP contribution in [0.1, 0.15) is 40.3 Å². The van der Waals surface area contributed by atoms with Gasteiger partial charge in [-0.1, -0.05) is 84.1 Å². The molecule has 0 unspecified atom stereocenters. The maximum absolute atomic E-state index is 14.0. The van der Waals surface area contributed by atoms with Gasteiger partial charge in [-0.2, -0.15) is 0 Å².